The smallest absolute Gasteiger partial charge is 0.249 e. The molecule has 3 aromatic rings. The van der Waals surface area contributed by atoms with Gasteiger partial charge in [0.2, 0.25) is 5.91 Å². The van der Waals surface area contributed by atoms with E-state index in [1.54, 1.807) is 18.2 Å². The molecule has 0 fully saturated rings. The number of hydrogen-bond donors (Lipinski definition) is 3. The average molecular weight is 305 g/mol. The Kier molecular flexibility index (Phi) is 3.73. The largest absolute Gasteiger partial charge is 0.508 e. The summed E-state index contributed by atoms with van der Waals surface area (Å²) in [5.74, 6) is -0.491. The fourth-order valence-corrected chi connectivity index (χ4v) is 2.66. The summed E-state index contributed by atoms with van der Waals surface area (Å²) in [7, 11) is 0. The Morgan fingerprint density at radius 2 is 1.48 bits per heavy atom. The molecule has 3 aromatic carbocycles. The third-order valence-corrected chi connectivity index (χ3v) is 3.65. The first kappa shape index (κ1) is 14.7. The first-order valence-corrected chi connectivity index (χ1v) is 7.08. The molecule has 0 aromatic heterocycles. The van der Waals surface area contributed by atoms with E-state index in [0.717, 1.165) is 5.56 Å². The Morgan fingerprint density at radius 3 is 2.13 bits per heavy atom. The van der Waals surface area contributed by atoms with E-state index in [1.165, 1.54) is 18.2 Å². The van der Waals surface area contributed by atoms with Crippen molar-refractivity contribution >= 4 is 5.91 Å². The van der Waals surface area contributed by atoms with Crippen molar-refractivity contribution in [2.75, 3.05) is 0 Å². The number of benzene rings is 3. The van der Waals surface area contributed by atoms with Crippen molar-refractivity contribution in [3.8, 4) is 33.8 Å². The minimum atomic E-state index is -0.578. The molecule has 0 bridgehead atoms. The number of nitrogens with two attached hydrogens (primary N) is 1. The zero-order valence-corrected chi connectivity index (χ0v) is 12.2. The number of phenolic OH excluding ortho intramolecular Hbond substituents is 2. The number of hydrogen-bond acceptors (Lipinski definition) is 3. The Balaban J connectivity index is 2.39. The van der Waals surface area contributed by atoms with Crippen molar-refractivity contribution < 1.29 is 15.0 Å². The SMILES string of the molecule is NC(=O)c1ccc(O)c(-c2cccc(O)c2)c1-c1ccccc1. The number of amides is 1. The highest BCUT2D eigenvalue weighted by atomic mass is 16.3. The van der Waals surface area contributed by atoms with Crippen LogP contribution in [-0.2, 0) is 0 Å². The molecule has 0 saturated heterocycles. The van der Waals surface area contributed by atoms with Crippen LogP contribution in [0.4, 0.5) is 0 Å². The predicted molar refractivity (Wildman–Crippen MR) is 89.2 cm³/mol. The lowest BCUT2D eigenvalue weighted by atomic mass is 9.89. The highest BCUT2D eigenvalue weighted by molar-refractivity contribution is 6.05. The van der Waals surface area contributed by atoms with Gasteiger partial charge in [0.25, 0.3) is 0 Å². The highest BCUT2D eigenvalue weighted by Gasteiger charge is 2.19. The minimum Gasteiger partial charge on any atom is -0.508 e. The van der Waals surface area contributed by atoms with Gasteiger partial charge in [-0.05, 0) is 35.4 Å². The molecule has 114 valence electrons. The molecule has 4 heteroatoms. The van der Waals surface area contributed by atoms with Gasteiger partial charge in [-0.3, -0.25) is 4.79 Å². The summed E-state index contributed by atoms with van der Waals surface area (Å²) in [6.45, 7) is 0. The topological polar surface area (TPSA) is 83.6 Å². The summed E-state index contributed by atoms with van der Waals surface area (Å²) in [4.78, 5) is 11.8. The van der Waals surface area contributed by atoms with Gasteiger partial charge in [-0.1, -0.05) is 42.5 Å². The van der Waals surface area contributed by atoms with Crippen molar-refractivity contribution in [1.82, 2.24) is 0 Å². The zero-order valence-electron chi connectivity index (χ0n) is 12.2. The fraction of sp³-hybridized carbons (Fsp3) is 0. The van der Waals surface area contributed by atoms with Gasteiger partial charge in [0.1, 0.15) is 11.5 Å². The molecule has 0 radical (unpaired) electrons. The lowest BCUT2D eigenvalue weighted by Gasteiger charge is -2.16. The van der Waals surface area contributed by atoms with Crippen LogP contribution in [0.15, 0.2) is 66.7 Å². The van der Waals surface area contributed by atoms with Crippen LogP contribution in [-0.4, -0.2) is 16.1 Å². The van der Waals surface area contributed by atoms with E-state index in [1.807, 2.05) is 30.3 Å². The summed E-state index contributed by atoms with van der Waals surface area (Å²) in [6.07, 6.45) is 0. The summed E-state index contributed by atoms with van der Waals surface area (Å²) in [5, 5.41) is 20.1. The molecule has 0 unspecified atom stereocenters. The van der Waals surface area contributed by atoms with Gasteiger partial charge in [-0.2, -0.15) is 0 Å². The van der Waals surface area contributed by atoms with Crippen LogP contribution in [0.25, 0.3) is 22.3 Å². The second-order valence-electron chi connectivity index (χ2n) is 5.16. The third-order valence-electron chi connectivity index (χ3n) is 3.65. The molecule has 1 amide bonds. The molecule has 23 heavy (non-hydrogen) atoms. The molecule has 0 atom stereocenters. The van der Waals surface area contributed by atoms with E-state index in [9.17, 15) is 15.0 Å². The predicted octanol–water partition coefficient (Wildman–Crippen LogP) is 3.53. The maximum Gasteiger partial charge on any atom is 0.249 e. The number of rotatable bonds is 3. The fourth-order valence-electron chi connectivity index (χ4n) is 2.66. The van der Waals surface area contributed by atoms with Crippen molar-refractivity contribution in [3.05, 3.63) is 72.3 Å². The molecule has 0 saturated carbocycles. The molecule has 3 rings (SSSR count). The number of primary amides is 1. The summed E-state index contributed by atoms with van der Waals surface area (Å²) < 4.78 is 0. The number of carbonyl (C=O) groups excluding carboxylic acids is 1. The van der Waals surface area contributed by atoms with E-state index in [4.69, 9.17) is 5.73 Å². The Morgan fingerprint density at radius 1 is 0.783 bits per heavy atom. The Bertz CT molecular complexity index is 873. The standard InChI is InChI=1S/C19H15NO3/c20-19(23)15-9-10-16(22)18(13-7-4-8-14(21)11-13)17(15)12-5-2-1-3-6-12/h1-11,21-22H,(H2,20,23). The lowest BCUT2D eigenvalue weighted by Crippen LogP contribution is -2.13. The second kappa shape index (κ2) is 5.85. The highest BCUT2D eigenvalue weighted by Crippen LogP contribution is 2.41. The Labute approximate surface area is 133 Å². The number of carbonyl (C=O) groups is 1. The first-order chi connectivity index (χ1) is 11.1. The van der Waals surface area contributed by atoms with Crippen LogP contribution < -0.4 is 5.73 Å². The minimum absolute atomic E-state index is 0.0134. The summed E-state index contributed by atoms with van der Waals surface area (Å²) in [5.41, 5.74) is 8.19. The van der Waals surface area contributed by atoms with E-state index in [-0.39, 0.29) is 11.5 Å². The van der Waals surface area contributed by atoms with E-state index in [0.29, 0.717) is 22.3 Å². The van der Waals surface area contributed by atoms with Crippen LogP contribution in [0.1, 0.15) is 10.4 Å². The van der Waals surface area contributed by atoms with Gasteiger partial charge in [0.05, 0.1) is 0 Å². The molecular weight excluding hydrogens is 290 g/mol. The van der Waals surface area contributed by atoms with Crippen LogP contribution in [0.3, 0.4) is 0 Å². The van der Waals surface area contributed by atoms with Gasteiger partial charge in [-0.15, -0.1) is 0 Å². The van der Waals surface area contributed by atoms with E-state index in [2.05, 4.69) is 0 Å². The Hall–Kier alpha value is -3.27. The first-order valence-electron chi connectivity index (χ1n) is 7.08. The molecule has 0 aliphatic carbocycles. The molecule has 0 aliphatic heterocycles. The van der Waals surface area contributed by atoms with Crippen molar-refractivity contribution in [2.24, 2.45) is 5.73 Å². The van der Waals surface area contributed by atoms with Crippen LogP contribution in [0.2, 0.25) is 0 Å². The second-order valence-corrected chi connectivity index (χ2v) is 5.16. The monoisotopic (exact) mass is 305 g/mol. The normalized spacial score (nSPS) is 10.4. The molecule has 0 heterocycles. The number of aromatic hydroxyl groups is 2. The van der Waals surface area contributed by atoms with Gasteiger partial charge in [0.15, 0.2) is 0 Å². The maximum absolute atomic E-state index is 11.8. The quantitative estimate of drug-likeness (QED) is 0.692. The van der Waals surface area contributed by atoms with E-state index < -0.39 is 5.91 Å². The molecule has 4 N–H and O–H groups in total. The van der Waals surface area contributed by atoms with Crippen LogP contribution in [0, 0.1) is 0 Å². The molecular formula is C19H15NO3. The summed E-state index contributed by atoms with van der Waals surface area (Å²) in [6, 6.07) is 18.7. The van der Waals surface area contributed by atoms with Crippen molar-refractivity contribution in [3.63, 3.8) is 0 Å². The average Bonchev–Trinajstić information content (AvgIpc) is 2.55. The van der Waals surface area contributed by atoms with Gasteiger partial charge in [0, 0.05) is 16.7 Å². The van der Waals surface area contributed by atoms with Crippen LogP contribution >= 0.6 is 0 Å². The molecule has 0 aliphatic rings. The van der Waals surface area contributed by atoms with E-state index >= 15 is 0 Å². The van der Waals surface area contributed by atoms with Gasteiger partial charge >= 0.3 is 0 Å². The number of phenols is 2. The van der Waals surface area contributed by atoms with Crippen molar-refractivity contribution in [1.29, 1.82) is 0 Å². The van der Waals surface area contributed by atoms with Crippen LogP contribution in [0.5, 0.6) is 11.5 Å². The van der Waals surface area contributed by atoms with Gasteiger partial charge in [-0.25, -0.2) is 0 Å². The summed E-state index contributed by atoms with van der Waals surface area (Å²) >= 11 is 0. The van der Waals surface area contributed by atoms with Crippen molar-refractivity contribution in [2.45, 2.75) is 0 Å². The maximum atomic E-state index is 11.8. The van der Waals surface area contributed by atoms with Gasteiger partial charge < -0.3 is 15.9 Å². The molecule has 4 nitrogen and oxygen atoms in total. The molecule has 0 spiro atoms. The zero-order chi connectivity index (χ0) is 16.4. The lowest BCUT2D eigenvalue weighted by molar-refractivity contribution is 0.100. The third kappa shape index (κ3) is 2.74.